The van der Waals surface area contributed by atoms with E-state index < -0.39 is 5.82 Å². The summed E-state index contributed by atoms with van der Waals surface area (Å²) in [5.74, 6) is -0.118. The van der Waals surface area contributed by atoms with E-state index in [-0.39, 0.29) is 17.2 Å². The van der Waals surface area contributed by atoms with E-state index in [1.807, 2.05) is 6.92 Å². The van der Waals surface area contributed by atoms with Crippen molar-refractivity contribution in [1.82, 2.24) is 14.8 Å². The molecule has 4 nitrogen and oxygen atoms in total. The Morgan fingerprint density at radius 2 is 2.31 bits per heavy atom. The van der Waals surface area contributed by atoms with Gasteiger partial charge in [0, 0.05) is 0 Å². The van der Waals surface area contributed by atoms with Crippen LogP contribution in [-0.4, -0.2) is 19.9 Å². The first-order valence-corrected chi connectivity index (χ1v) is 5.08. The number of hydrogen-bond acceptors (Lipinski definition) is 3. The van der Waals surface area contributed by atoms with Crippen LogP contribution in [0.4, 0.5) is 4.39 Å². The second kappa shape index (κ2) is 4.15. The van der Waals surface area contributed by atoms with Crippen LogP contribution in [0, 0.1) is 17.5 Å². The molecular formula is C10H10FN3OS. The van der Waals surface area contributed by atoms with E-state index in [0.29, 0.717) is 5.69 Å². The van der Waals surface area contributed by atoms with E-state index in [1.54, 1.807) is 12.1 Å². The van der Waals surface area contributed by atoms with E-state index in [4.69, 9.17) is 17.3 Å². The van der Waals surface area contributed by atoms with E-state index >= 15 is 0 Å². The molecule has 2 rings (SSSR count). The van der Waals surface area contributed by atoms with Crippen molar-refractivity contribution in [2.24, 2.45) is 0 Å². The van der Waals surface area contributed by atoms with Crippen molar-refractivity contribution in [3.8, 4) is 5.69 Å². The predicted octanol–water partition coefficient (Wildman–Crippen LogP) is 1.87. The monoisotopic (exact) mass is 239 g/mol. The molecule has 1 aromatic carbocycles. The van der Waals surface area contributed by atoms with Gasteiger partial charge in [0.15, 0.2) is 10.6 Å². The Morgan fingerprint density at radius 1 is 1.56 bits per heavy atom. The fourth-order valence-corrected chi connectivity index (χ4v) is 1.73. The number of aromatic nitrogens is 3. The Balaban J connectivity index is 2.71. The summed E-state index contributed by atoms with van der Waals surface area (Å²) in [6, 6.07) is 4.68. The molecule has 0 unspecified atom stereocenters. The Hall–Kier alpha value is -1.53. The van der Waals surface area contributed by atoms with E-state index in [0.717, 1.165) is 5.56 Å². The lowest BCUT2D eigenvalue weighted by atomic mass is 10.2. The molecule has 0 saturated carbocycles. The van der Waals surface area contributed by atoms with Crippen LogP contribution in [0.1, 0.15) is 11.4 Å². The van der Waals surface area contributed by atoms with E-state index in [9.17, 15) is 4.39 Å². The molecule has 0 fully saturated rings. The third kappa shape index (κ3) is 1.77. The van der Waals surface area contributed by atoms with Crippen molar-refractivity contribution in [2.45, 2.75) is 13.5 Å². The molecule has 0 saturated heterocycles. The number of aliphatic hydroxyl groups is 1. The van der Waals surface area contributed by atoms with Gasteiger partial charge in [0.1, 0.15) is 12.4 Å². The minimum atomic E-state index is -0.405. The first-order chi connectivity index (χ1) is 7.63. The number of hydrogen-bond donors (Lipinski definition) is 2. The molecule has 0 aliphatic rings. The Bertz CT molecular complexity index is 576. The first kappa shape index (κ1) is 11.0. The van der Waals surface area contributed by atoms with Gasteiger partial charge < -0.3 is 5.11 Å². The predicted molar refractivity (Wildman–Crippen MR) is 59.4 cm³/mol. The second-order valence-corrected chi connectivity index (χ2v) is 3.78. The number of aliphatic hydroxyl groups excluding tert-OH is 1. The molecule has 1 heterocycles. The molecule has 0 aliphatic heterocycles. The molecule has 16 heavy (non-hydrogen) atoms. The van der Waals surface area contributed by atoms with Gasteiger partial charge in [0.05, 0.1) is 5.69 Å². The summed E-state index contributed by atoms with van der Waals surface area (Å²) >= 11 is 4.99. The van der Waals surface area contributed by atoms with Crippen LogP contribution in [0.15, 0.2) is 18.2 Å². The highest BCUT2D eigenvalue weighted by Gasteiger charge is 2.11. The number of nitrogens with one attached hydrogen (secondary N) is 1. The fraction of sp³-hybridized carbons (Fsp3) is 0.200. The lowest BCUT2D eigenvalue weighted by Gasteiger charge is -2.07. The number of nitrogens with zero attached hydrogens (tertiary/aromatic N) is 2. The smallest absolute Gasteiger partial charge is 0.200 e. The minimum absolute atomic E-state index is 0.258. The number of benzene rings is 1. The number of halogens is 1. The normalized spacial score (nSPS) is 10.7. The summed E-state index contributed by atoms with van der Waals surface area (Å²) in [5.41, 5.74) is 1.20. The number of aromatic amines is 1. The number of H-pyrrole nitrogens is 1. The van der Waals surface area contributed by atoms with Gasteiger partial charge in [-0.05, 0) is 36.8 Å². The van der Waals surface area contributed by atoms with Crippen molar-refractivity contribution in [3.05, 3.63) is 40.2 Å². The Kier molecular flexibility index (Phi) is 2.84. The van der Waals surface area contributed by atoms with Crippen LogP contribution < -0.4 is 0 Å². The number of rotatable bonds is 2. The van der Waals surface area contributed by atoms with Crippen LogP contribution in [0.2, 0.25) is 0 Å². The average molecular weight is 239 g/mol. The molecule has 0 radical (unpaired) electrons. The zero-order valence-corrected chi connectivity index (χ0v) is 9.38. The quantitative estimate of drug-likeness (QED) is 0.787. The molecule has 0 spiro atoms. The zero-order chi connectivity index (χ0) is 11.7. The largest absolute Gasteiger partial charge is 0.388 e. The van der Waals surface area contributed by atoms with Crippen molar-refractivity contribution in [1.29, 1.82) is 0 Å². The lowest BCUT2D eigenvalue weighted by molar-refractivity contribution is 0.268. The first-order valence-electron chi connectivity index (χ1n) is 4.67. The summed E-state index contributed by atoms with van der Waals surface area (Å²) in [6.07, 6.45) is 0. The van der Waals surface area contributed by atoms with Crippen LogP contribution in [0.3, 0.4) is 0 Å². The van der Waals surface area contributed by atoms with Crippen molar-refractivity contribution in [3.63, 3.8) is 0 Å². The standard InChI is InChI=1S/C10H10FN3OS/c1-6-2-3-7(11)8(4-6)14-9(5-15)12-13-10(14)16/h2-4,15H,5H2,1H3,(H,13,16). The van der Waals surface area contributed by atoms with Crippen LogP contribution in [-0.2, 0) is 6.61 Å². The van der Waals surface area contributed by atoms with E-state index in [1.165, 1.54) is 10.6 Å². The van der Waals surface area contributed by atoms with Gasteiger partial charge in [0.2, 0.25) is 0 Å². The molecule has 0 aliphatic carbocycles. The highest BCUT2D eigenvalue weighted by molar-refractivity contribution is 7.71. The topological polar surface area (TPSA) is 53.8 Å². The van der Waals surface area contributed by atoms with Crippen LogP contribution in [0.25, 0.3) is 5.69 Å². The molecule has 1 aromatic heterocycles. The number of aryl methyl sites for hydroxylation is 1. The SMILES string of the molecule is Cc1ccc(F)c(-n2c(CO)n[nH]c2=S)c1. The van der Waals surface area contributed by atoms with Crippen LogP contribution in [0.5, 0.6) is 0 Å². The maximum atomic E-state index is 13.6. The Morgan fingerprint density at radius 3 is 3.00 bits per heavy atom. The highest BCUT2D eigenvalue weighted by atomic mass is 32.1. The average Bonchev–Trinajstić information content (AvgIpc) is 2.63. The van der Waals surface area contributed by atoms with Gasteiger partial charge in [-0.1, -0.05) is 6.07 Å². The molecular weight excluding hydrogens is 229 g/mol. The van der Waals surface area contributed by atoms with Crippen molar-refractivity contribution < 1.29 is 9.50 Å². The molecule has 0 bridgehead atoms. The van der Waals surface area contributed by atoms with Gasteiger partial charge in [-0.15, -0.1) is 0 Å². The van der Waals surface area contributed by atoms with Crippen molar-refractivity contribution >= 4 is 12.2 Å². The molecule has 2 N–H and O–H groups in total. The van der Waals surface area contributed by atoms with Crippen molar-refractivity contribution in [2.75, 3.05) is 0 Å². The molecule has 0 amide bonds. The lowest BCUT2D eigenvalue weighted by Crippen LogP contribution is -2.04. The summed E-state index contributed by atoms with van der Waals surface area (Å²) < 4.78 is 15.3. The van der Waals surface area contributed by atoms with Gasteiger partial charge in [0.25, 0.3) is 0 Å². The summed E-state index contributed by atoms with van der Waals surface area (Å²) in [5, 5.41) is 15.4. The molecule has 6 heteroatoms. The maximum absolute atomic E-state index is 13.6. The second-order valence-electron chi connectivity index (χ2n) is 3.39. The van der Waals surface area contributed by atoms with Gasteiger partial charge in [-0.3, -0.25) is 9.67 Å². The zero-order valence-electron chi connectivity index (χ0n) is 8.57. The molecule has 0 atom stereocenters. The minimum Gasteiger partial charge on any atom is -0.388 e. The highest BCUT2D eigenvalue weighted by Crippen LogP contribution is 2.17. The molecule has 2 aromatic rings. The van der Waals surface area contributed by atoms with Crippen LogP contribution >= 0.6 is 12.2 Å². The summed E-state index contributed by atoms with van der Waals surface area (Å²) in [7, 11) is 0. The van der Waals surface area contributed by atoms with Gasteiger partial charge in [-0.2, -0.15) is 5.10 Å². The summed E-state index contributed by atoms with van der Waals surface area (Å²) in [6.45, 7) is 1.55. The summed E-state index contributed by atoms with van der Waals surface area (Å²) in [4.78, 5) is 0. The maximum Gasteiger partial charge on any atom is 0.200 e. The van der Waals surface area contributed by atoms with Gasteiger partial charge in [-0.25, -0.2) is 4.39 Å². The third-order valence-electron chi connectivity index (χ3n) is 2.23. The van der Waals surface area contributed by atoms with Gasteiger partial charge >= 0.3 is 0 Å². The fourth-order valence-electron chi connectivity index (χ4n) is 1.48. The third-order valence-corrected chi connectivity index (χ3v) is 2.50. The Labute approximate surface area is 96.4 Å². The molecule has 84 valence electrons. The van der Waals surface area contributed by atoms with E-state index in [2.05, 4.69) is 10.2 Å².